The van der Waals surface area contributed by atoms with Gasteiger partial charge in [-0.2, -0.15) is 0 Å². The minimum atomic E-state index is -1.63. The number of hydrogen-bond acceptors (Lipinski definition) is 12. The van der Waals surface area contributed by atoms with Crippen molar-refractivity contribution < 1.29 is 94.1 Å². The van der Waals surface area contributed by atoms with Crippen LogP contribution >= 0.6 is 0 Å². The number of carboxylic acid groups (broad SMARTS) is 6. The van der Waals surface area contributed by atoms with Gasteiger partial charge in [0.25, 0.3) is 0 Å². The molecular formula is C9H6Cr2O12. The van der Waals surface area contributed by atoms with Crippen LogP contribution in [0.4, 0.5) is 0 Å². The van der Waals surface area contributed by atoms with E-state index in [2.05, 4.69) is 0 Å². The van der Waals surface area contributed by atoms with Crippen LogP contribution in [0.15, 0.2) is 0 Å². The molecule has 0 aromatic carbocycles. The Morgan fingerprint density at radius 3 is 0.478 bits per heavy atom. The minimum Gasteiger partial charge on any atom is -0.550 e. The summed E-state index contributed by atoms with van der Waals surface area (Å²) in [7, 11) is 0. The minimum absolute atomic E-state index is 0. The van der Waals surface area contributed by atoms with E-state index in [0.717, 1.165) is 0 Å². The van der Waals surface area contributed by atoms with Gasteiger partial charge in [-0.3, -0.25) is 0 Å². The summed E-state index contributed by atoms with van der Waals surface area (Å²) in [5, 5.41) is 55.7. The van der Waals surface area contributed by atoms with Crippen LogP contribution in [0.2, 0.25) is 0 Å². The van der Waals surface area contributed by atoms with Crippen LogP contribution in [0, 0.1) is 0 Å². The van der Waals surface area contributed by atoms with E-state index in [1.165, 1.54) is 0 Å². The van der Waals surface area contributed by atoms with Gasteiger partial charge in [-0.1, -0.05) is 0 Å². The number of carbonyl (C=O) groups excluding carboxylic acids is 6. The van der Waals surface area contributed by atoms with E-state index >= 15 is 0 Å². The third kappa shape index (κ3) is 65.1. The van der Waals surface area contributed by atoms with Crippen molar-refractivity contribution in [3.05, 3.63) is 0 Å². The zero-order valence-electron chi connectivity index (χ0n) is 10.8. The van der Waals surface area contributed by atoms with E-state index in [4.69, 9.17) is 0 Å². The first kappa shape index (κ1) is 32.7. The summed E-state index contributed by atoms with van der Waals surface area (Å²) in [4.78, 5) is 55.7. The Hall–Kier alpha value is -2.12. The summed E-state index contributed by atoms with van der Waals surface area (Å²) in [6, 6.07) is 0. The molecule has 2 radical (unpaired) electrons. The molecule has 14 heteroatoms. The molecule has 0 unspecified atom stereocenters. The van der Waals surface area contributed by atoms with Gasteiger partial charge < -0.3 is 59.4 Å². The smallest absolute Gasteiger partial charge is 0.550 e. The molecule has 0 N–H and O–H groups in total. The molecule has 0 aromatic rings. The van der Waals surface area contributed by atoms with Crippen molar-refractivity contribution in [2.75, 3.05) is 0 Å². The SMILES string of the molecule is O=C([O-])CC(=O)[O-].O=C([O-])CC(=O)[O-].O=C([O-])CC(=O)[O-].[Cr+3].[Cr+3]. The Balaban J connectivity index is -0.0000000675. The molecule has 12 nitrogen and oxygen atoms in total. The molecule has 0 aliphatic carbocycles. The van der Waals surface area contributed by atoms with E-state index in [-0.39, 0.29) is 34.7 Å². The first-order valence-corrected chi connectivity index (χ1v) is 4.57. The largest absolute Gasteiger partial charge is 3.00 e. The zero-order chi connectivity index (χ0) is 17.6. The molecule has 0 spiro atoms. The summed E-state index contributed by atoms with van der Waals surface area (Å²) in [5.74, 6) is -9.75. The normalized spacial score (nSPS) is 7.30. The second-order valence-electron chi connectivity index (χ2n) is 2.76. The fraction of sp³-hybridized carbons (Fsp3) is 0.333. The summed E-state index contributed by atoms with van der Waals surface area (Å²) in [6.07, 6.45) is -3.08. The average Bonchev–Trinajstić information content (AvgIpc) is 2.10. The molecule has 0 bridgehead atoms. The molecule has 0 heterocycles. The fourth-order valence-corrected chi connectivity index (χ4v) is 0.354. The van der Waals surface area contributed by atoms with Crippen molar-refractivity contribution in [1.82, 2.24) is 0 Å². The molecule has 0 rings (SSSR count). The summed E-state index contributed by atoms with van der Waals surface area (Å²) >= 11 is 0. The van der Waals surface area contributed by atoms with Gasteiger partial charge in [0.1, 0.15) is 0 Å². The van der Waals surface area contributed by atoms with Crippen LogP contribution in [0.5, 0.6) is 0 Å². The fourth-order valence-electron chi connectivity index (χ4n) is 0.354. The topological polar surface area (TPSA) is 241 Å². The van der Waals surface area contributed by atoms with Crippen LogP contribution in [0.1, 0.15) is 19.3 Å². The molecule has 0 amide bonds. The number of carbonyl (C=O) groups is 6. The number of carboxylic acids is 6. The van der Waals surface area contributed by atoms with Gasteiger partial charge >= 0.3 is 34.7 Å². The summed E-state index contributed by atoms with van der Waals surface area (Å²) < 4.78 is 0. The van der Waals surface area contributed by atoms with E-state index in [9.17, 15) is 59.4 Å². The number of rotatable bonds is 6. The predicted molar refractivity (Wildman–Crippen MR) is 43.9 cm³/mol. The molecular weight excluding hydrogens is 404 g/mol. The van der Waals surface area contributed by atoms with Gasteiger partial charge in [0.15, 0.2) is 0 Å². The van der Waals surface area contributed by atoms with Gasteiger partial charge in [0.2, 0.25) is 0 Å². The first-order chi connectivity index (χ1) is 9.38. The van der Waals surface area contributed by atoms with Crippen molar-refractivity contribution in [1.29, 1.82) is 0 Å². The van der Waals surface area contributed by atoms with Gasteiger partial charge in [-0.05, 0) is 0 Å². The maximum absolute atomic E-state index is 9.28. The van der Waals surface area contributed by atoms with Gasteiger partial charge in [0.05, 0.1) is 0 Å². The molecule has 0 atom stereocenters. The molecule has 0 fully saturated rings. The van der Waals surface area contributed by atoms with Crippen molar-refractivity contribution in [2.45, 2.75) is 19.3 Å². The number of hydrogen-bond donors (Lipinski definition) is 0. The van der Waals surface area contributed by atoms with E-state index in [1.807, 2.05) is 0 Å². The van der Waals surface area contributed by atoms with Gasteiger partial charge in [0, 0.05) is 55.1 Å². The molecule has 0 saturated heterocycles. The molecule has 0 saturated carbocycles. The average molecular weight is 410 g/mol. The van der Waals surface area contributed by atoms with Gasteiger partial charge in [-0.25, -0.2) is 0 Å². The quantitative estimate of drug-likeness (QED) is 0.371. The Morgan fingerprint density at radius 1 is 0.391 bits per heavy atom. The van der Waals surface area contributed by atoms with E-state index in [1.54, 1.807) is 0 Å². The van der Waals surface area contributed by atoms with E-state index < -0.39 is 55.1 Å². The second-order valence-corrected chi connectivity index (χ2v) is 2.76. The Morgan fingerprint density at radius 2 is 0.478 bits per heavy atom. The Kier molecular flexibility index (Phi) is 28.3. The van der Waals surface area contributed by atoms with Gasteiger partial charge in [-0.15, -0.1) is 0 Å². The van der Waals surface area contributed by atoms with Crippen molar-refractivity contribution in [3.8, 4) is 0 Å². The third-order valence-corrected chi connectivity index (χ3v) is 0.866. The van der Waals surface area contributed by atoms with Crippen LogP contribution in [0.3, 0.4) is 0 Å². The Bertz CT molecular complexity index is 321. The molecule has 23 heavy (non-hydrogen) atoms. The standard InChI is InChI=1S/3C3H4O4.2Cr/c3*4-2(5)1-3(6)7;;/h3*1H2,(H,4,5)(H,6,7);;/q;;;2*+3/p-6. The maximum Gasteiger partial charge on any atom is 3.00 e. The van der Waals surface area contributed by atoms with Crippen LogP contribution in [0.25, 0.3) is 0 Å². The molecule has 126 valence electrons. The zero-order valence-corrected chi connectivity index (χ0v) is 13.4. The van der Waals surface area contributed by atoms with Crippen LogP contribution in [-0.2, 0) is 63.5 Å². The van der Waals surface area contributed by atoms with Crippen molar-refractivity contribution in [2.24, 2.45) is 0 Å². The summed E-state index contributed by atoms with van der Waals surface area (Å²) in [5.41, 5.74) is 0. The monoisotopic (exact) mass is 410 g/mol. The number of aliphatic carboxylic acids is 6. The predicted octanol–water partition coefficient (Wildman–Crippen LogP) is -9.38. The third-order valence-electron chi connectivity index (χ3n) is 0.866. The Labute approximate surface area is 149 Å². The molecule has 0 aromatic heterocycles. The summed E-state index contributed by atoms with van der Waals surface area (Å²) in [6.45, 7) is 0. The maximum atomic E-state index is 9.28. The van der Waals surface area contributed by atoms with Crippen LogP contribution < -0.4 is 30.6 Å². The molecule has 0 aliphatic rings. The van der Waals surface area contributed by atoms with Crippen LogP contribution in [-0.4, -0.2) is 35.8 Å². The van der Waals surface area contributed by atoms with Crippen molar-refractivity contribution >= 4 is 35.8 Å². The van der Waals surface area contributed by atoms with Crippen molar-refractivity contribution in [3.63, 3.8) is 0 Å². The van der Waals surface area contributed by atoms with E-state index in [0.29, 0.717) is 0 Å². The first-order valence-electron chi connectivity index (χ1n) is 4.57. The molecule has 0 aliphatic heterocycles. The second kappa shape index (κ2) is 19.9.